The first-order valence-corrected chi connectivity index (χ1v) is 5.31. The smallest absolute Gasteiger partial charge is 0.328 e. The minimum atomic E-state index is -1.09. The second-order valence-electron chi connectivity index (χ2n) is 3.76. The van der Waals surface area contributed by atoms with Crippen LogP contribution in [0.4, 0.5) is 10.7 Å². The van der Waals surface area contributed by atoms with Crippen molar-refractivity contribution in [1.29, 1.82) is 0 Å². The molecule has 2 N–H and O–H groups in total. The zero-order valence-corrected chi connectivity index (χ0v) is 9.74. The highest BCUT2D eigenvalue weighted by molar-refractivity contribution is 5.91. The number of aromatic nitrogens is 3. The lowest BCUT2D eigenvalue weighted by Gasteiger charge is -2.32. The maximum Gasteiger partial charge on any atom is 0.328 e. The summed E-state index contributed by atoms with van der Waals surface area (Å²) in [6, 6.07) is -1.51. The lowest BCUT2D eigenvalue weighted by molar-refractivity contribution is -0.147. The van der Waals surface area contributed by atoms with Gasteiger partial charge >= 0.3 is 12.0 Å². The third-order valence-electron chi connectivity index (χ3n) is 2.60. The molecule has 2 heterocycles. The summed E-state index contributed by atoms with van der Waals surface area (Å²) in [6.07, 6.45) is 1.30. The summed E-state index contributed by atoms with van der Waals surface area (Å²) in [6.45, 7) is 0.526. The normalized spacial score (nSPS) is 19.6. The van der Waals surface area contributed by atoms with Gasteiger partial charge in [0, 0.05) is 13.6 Å². The largest absolute Gasteiger partial charge is 0.480 e. The first kappa shape index (κ1) is 12.3. The van der Waals surface area contributed by atoms with E-state index in [0.717, 1.165) is 0 Å². The van der Waals surface area contributed by atoms with E-state index in [1.165, 1.54) is 15.9 Å². The van der Waals surface area contributed by atoms with Gasteiger partial charge in [-0.05, 0) is 0 Å². The molecule has 98 valence electrons. The molecule has 0 aromatic carbocycles. The van der Waals surface area contributed by atoms with Crippen LogP contribution >= 0.6 is 0 Å². The number of aryl methyl sites for hydroxylation is 1. The van der Waals surface area contributed by atoms with E-state index in [4.69, 9.17) is 9.84 Å². The fourth-order valence-electron chi connectivity index (χ4n) is 1.63. The second kappa shape index (κ2) is 5.00. The van der Waals surface area contributed by atoms with Crippen LogP contribution in [0.15, 0.2) is 6.33 Å². The monoisotopic (exact) mass is 255 g/mol. The Morgan fingerprint density at radius 2 is 2.39 bits per heavy atom. The Bertz CT molecular complexity index is 460. The number of urea groups is 1. The second-order valence-corrected chi connectivity index (χ2v) is 3.76. The number of carbonyl (C=O) groups excluding carboxylic acids is 1. The summed E-state index contributed by atoms with van der Waals surface area (Å²) in [7, 11) is 1.62. The number of nitrogens with zero attached hydrogens (tertiary/aromatic N) is 4. The van der Waals surface area contributed by atoms with Gasteiger partial charge < -0.3 is 14.7 Å². The number of morpholine rings is 1. The first-order chi connectivity index (χ1) is 8.59. The van der Waals surface area contributed by atoms with Crippen molar-refractivity contribution in [3.05, 3.63) is 6.33 Å². The quantitative estimate of drug-likeness (QED) is 0.711. The highest BCUT2D eigenvalue weighted by atomic mass is 16.5. The number of hydrogen-bond acceptors (Lipinski definition) is 5. The van der Waals surface area contributed by atoms with E-state index in [-0.39, 0.29) is 19.1 Å². The van der Waals surface area contributed by atoms with Crippen LogP contribution in [0, 0.1) is 0 Å². The number of nitrogens with one attached hydrogen (secondary N) is 1. The van der Waals surface area contributed by atoms with Crippen molar-refractivity contribution in [3.8, 4) is 0 Å². The number of aliphatic carboxylic acids is 1. The summed E-state index contributed by atoms with van der Waals surface area (Å²) >= 11 is 0. The van der Waals surface area contributed by atoms with Gasteiger partial charge in [0.2, 0.25) is 5.95 Å². The Morgan fingerprint density at radius 3 is 3.00 bits per heavy atom. The van der Waals surface area contributed by atoms with Crippen LogP contribution < -0.4 is 5.32 Å². The minimum Gasteiger partial charge on any atom is -0.480 e. The number of carboxylic acids is 1. The predicted octanol–water partition coefficient (Wildman–Crippen LogP) is -0.868. The van der Waals surface area contributed by atoms with E-state index < -0.39 is 18.0 Å². The average molecular weight is 255 g/mol. The summed E-state index contributed by atoms with van der Waals surface area (Å²) in [4.78, 5) is 28.0. The molecule has 1 aliphatic heterocycles. The van der Waals surface area contributed by atoms with Crippen LogP contribution in [0.25, 0.3) is 0 Å². The molecule has 9 heteroatoms. The summed E-state index contributed by atoms with van der Waals surface area (Å²) in [5, 5.41) is 15.3. The molecule has 1 aromatic heterocycles. The molecule has 0 aliphatic carbocycles. The van der Waals surface area contributed by atoms with E-state index in [9.17, 15) is 9.59 Å². The zero-order valence-electron chi connectivity index (χ0n) is 9.74. The Labute approximate surface area is 102 Å². The van der Waals surface area contributed by atoms with Gasteiger partial charge in [-0.25, -0.2) is 14.3 Å². The predicted molar refractivity (Wildman–Crippen MR) is 59.0 cm³/mol. The van der Waals surface area contributed by atoms with Crippen LogP contribution in [0.3, 0.4) is 0 Å². The van der Waals surface area contributed by atoms with Crippen molar-refractivity contribution in [2.45, 2.75) is 6.04 Å². The number of amides is 2. The Balaban J connectivity index is 2.07. The first-order valence-electron chi connectivity index (χ1n) is 5.31. The summed E-state index contributed by atoms with van der Waals surface area (Å²) in [5.41, 5.74) is 0. The minimum absolute atomic E-state index is 0.0123. The average Bonchev–Trinajstić information content (AvgIpc) is 2.75. The van der Waals surface area contributed by atoms with Gasteiger partial charge in [-0.1, -0.05) is 0 Å². The summed E-state index contributed by atoms with van der Waals surface area (Å²) < 4.78 is 6.43. The topological polar surface area (TPSA) is 110 Å². The fourth-order valence-corrected chi connectivity index (χ4v) is 1.63. The van der Waals surface area contributed by atoms with Crippen LogP contribution in [0.2, 0.25) is 0 Å². The molecule has 1 aromatic rings. The maximum absolute atomic E-state index is 11.9. The fraction of sp³-hybridized carbons (Fsp3) is 0.556. The molecule has 9 nitrogen and oxygen atoms in total. The third-order valence-corrected chi connectivity index (χ3v) is 2.60. The van der Waals surface area contributed by atoms with Gasteiger partial charge in [-0.15, -0.1) is 0 Å². The summed E-state index contributed by atoms with van der Waals surface area (Å²) in [5.74, 6) is -0.835. The lowest BCUT2D eigenvalue weighted by Crippen LogP contribution is -2.54. The third kappa shape index (κ3) is 2.40. The maximum atomic E-state index is 11.9. The molecule has 1 saturated heterocycles. The molecular weight excluding hydrogens is 242 g/mol. The number of rotatable bonds is 2. The standard InChI is InChI=1S/C9H13N5O4/c1-13-8(10-5-11-13)12-9(17)14-2-3-18-4-6(14)7(15)16/h5-6H,2-4H2,1H3,(H,15,16)(H,10,11,12,17). The van der Waals surface area contributed by atoms with E-state index in [1.807, 2.05) is 0 Å². The van der Waals surface area contributed by atoms with Gasteiger partial charge in [-0.3, -0.25) is 5.32 Å². The van der Waals surface area contributed by atoms with Gasteiger partial charge in [-0.2, -0.15) is 10.1 Å². The van der Waals surface area contributed by atoms with Crippen LogP contribution in [-0.2, 0) is 16.6 Å². The van der Waals surface area contributed by atoms with E-state index >= 15 is 0 Å². The molecule has 18 heavy (non-hydrogen) atoms. The molecule has 1 fully saturated rings. The van der Waals surface area contributed by atoms with Crippen molar-refractivity contribution in [3.63, 3.8) is 0 Å². The van der Waals surface area contributed by atoms with Crippen LogP contribution in [0.5, 0.6) is 0 Å². The molecule has 0 bridgehead atoms. The van der Waals surface area contributed by atoms with Crippen molar-refractivity contribution < 1.29 is 19.4 Å². The van der Waals surface area contributed by atoms with Gasteiger partial charge in [0.1, 0.15) is 6.33 Å². The SMILES string of the molecule is Cn1ncnc1NC(=O)N1CCOCC1C(=O)O. The molecule has 2 rings (SSSR count). The number of ether oxygens (including phenoxy) is 1. The lowest BCUT2D eigenvalue weighted by atomic mass is 10.2. The Hall–Kier alpha value is -2.16. The van der Waals surface area contributed by atoms with E-state index in [1.54, 1.807) is 7.05 Å². The van der Waals surface area contributed by atoms with Crippen molar-refractivity contribution in [2.24, 2.45) is 7.05 Å². The number of carboxylic acid groups (broad SMARTS) is 1. The highest BCUT2D eigenvalue weighted by Gasteiger charge is 2.33. The van der Waals surface area contributed by atoms with Crippen molar-refractivity contribution in [1.82, 2.24) is 19.7 Å². The molecule has 2 amide bonds. The molecule has 0 saturated carbocycles. The molecule has 0 radical (unpaired) electrons. The molecule has 1 unspecified atom stereocenters. The van der Waals surface area contributed by atoms with Crippen molar-refractivity contribution >= 4 is 17.9 Å². The molecule has 1 aliphatic rings. The molecule has 0 spiro atoms. The zero-order chi connectivity index (χ0) is 13.1. The van der Waals surface area contributed by atoms with Gasteiger partial charge in [0.15, 0.2) is 6.04 Å². The highest BCUT2D eigenvalue weighted by Crippen LogP contribution is 2.10. The van der Waals surface area contributed by atoms with Gasteiger partial charge in [0.05, 0.1) is 13.2 Å². The number of carbonyl (C=O) groups is 2. The molecule has 1 atom stereocenters. The Morgan fingerprint density at radius 1 is 1.61 bits per heavy atom. The van der Waals surface area contributed by atoms with E-state index in [2.05, 4.69) is 15.4 Å². The molecular formula is C9H13N5O4. The Kier molecular flexibility index (Phi) is 3.42. The number of anilines is 1. The van der Waals surface area contributed by atoms with Gasteiger partial charge in [0.25, 0.3) is 0 Å². The van der Waals surface area contributed by atoms with Crippen molar-refractivity contribution in [2.75, 3.05) is 25.1 Å². The van der Waals surface area contributed by atoms with Crippen LogP contribution in [-0.4, -0.2) is 62.6 Å². The number of hydrogen-bond donors (Lipinski definition) is 2. The van der Waals surface area contributed by atoms with E-state index in [0.29, 0.717) is 6.61 Å². The van der Waals surface area contributed by atoms with Crippen LogP contribution in [0.1, 0.15) is 0 Å².